The van der Waals surface area contributed by atoms with Crippen molar-refractivity contribution < 1.29 is 4.79 Å². The van der Waals surface area contributed by atoms with Crippen molar-refractivity contribution in [1.29, 1.82) is 0 Å². The zero-order valence-corrected chi connectivity index (χ0v) is 14.1. The maximum Gasteiger partial charge on any atom is 0.248 e. The predicted molar refractivity (Wildman–Crippen MR) is 94.1 cm³/mol. The Morgan fingerprint density at radius 1 is 1.26 bits per heavy atom. The Hall–Kier alpha value is -2.20. The monoisotopic (exact) mass is 311 g/mol. The molecule has 23 heavy (non-hydrogen) atoms. The number of nitrogens with one attached hydrogen (secondary N) is 1. The van der Waals surface area contributed by atoms with Crippen LogP contribution in [0.3, 0.4) is 0 Å². The molecule has 0 aliphatic heterocycles. The molecule has 0 bridgehead atoms. The Morgan fingerprint density at radius 2 is 2.04 bits per heavy atom. The molecule has 0 spiro atoms. The number of hydrogen-bond acceptors (Lipinski definition) is 3. The van der Waals surface area contributed by atoms with Gasteiger partial charge >= 0.3 is 0 Å². The fourth-order valence-corrected chi connectivity index (χ4v) is 2.42. The topological polar surface area (TPSA) is 68.0 Å². The van der Waals surface area contributed by atoms with E-state index in [0.29, 0.717) is 11.5 Å². The van der Waals surface area contributed by atoms with Crippen molar-refractivity contribution in [2.45, 2.75) is 33.7 Å². The number of primary amides is 1. The van der Waals surface area contributed by atoms with E-state index in [-0.39, 0.29) is 0 Å². The van der Waals surface area contributed by atoms with Gasteiger partial charge in [0, 0.05) is 23.9 Å². The van der Waals surface area contributed by atoms with Crippen LogP contribution in [0.25, 0.3) is 11.3 Å². The Morgan fingerprint density at radius 3 is 2.61 bits per heavy atom. The van der Waals surface area contributed by atoms with Crippen LogP contribution in [0.5, 0.6) is 0 Å². The van der Waals surface area contributed by atoms with Crippen LogP contribution in [0.2, 0.25) is 0 Å². The van der Waals surface area contributed by atoms with Crippen LogP contribution in [0, 0.1) is 12.8 Å². The minimum atomic E-state index is -0.407. The fourth-order valence-electron chi connectivity index (χ4n) is 2.42. The highest BCUT2D eigenvalue weighted by Gasteiger charge is 2.07. The number of rotatable bonds is 7. The first-order valence-electron chi connectivity index (χ1n) is 8.04. The lowest BCUT2D eigenvalue weighted by Gasteiger charge is -2.09. The zero-order chi connectivity index (χ0) is 16.8. The normalized spacial score (nSPS) is 11.0. The van der Waals surface area contributed by atoms with Crippen LogP contribution in [-0.2, 0) is 6.54 Å². The van der Waals surface area contributed by atoms with Gasteiger partial charge in [0.25, 0.3) is 0 Å². The summed E-state index contributed by atoms with van der Waals surface area (Å²) in [7, 11) is 0. The van der Waals surface area contributed by atoms with Gasteiger partial charge in [0.1, 0.15) is 0 Å². The number of nitrogens with two attached hydrogens (primary N) is 1. The molecule has 0 atom stereocenters. The van der Waals surface area contributed by atoms with Crippen LogP contribution in [0.15, 0.2) is 36.5 Å². The summed E-state index contributed by atoms with van der Waals surface area (Å²) in [4.78, 5) is 15.8. The standard InChI is InChI=1S/C19H25N3O/c1-13(2)8-9-21-11-15-4-7-18(22-12-15)17-6-5-16(19(20)23)10-14(17)3/h4-7,10,12-13,21H,8-9,11H2,1-3H3,(H2,20,23). The SMILES string of the molecule is Cc1cc(C(N)=O)ccc1-c1ccc(CNCCC(C)C)cn1. The quantitative estimate of drug-likeness (QED) is 0.771. The van der Waals surface area contributed by atoms with Gasteiger partial charge in [0.2, 0.25) is 5.91 Å². The van der Waals surface area contributed by atoms with E-state index in [4.69, 9.17) is 5.73 Å². The number of aryl methyl sites for hydroxylation is 1. The summed E-state index contributed by atoms with van der Waals surface area (Å²) in [5.41, 5.74) is 9.93. The average molecular weight is 311 g/mol. The lowest BCUT2D eigenvalue weighted by molar-refractivity contribution is 0.1000. The largest absolute Gasteiger partial charge is 0.366 e. The van der Waals surface area contributed by atoms with E-state index >= 15 is 0 Å². The van der Waals surface area contributed by atoms with Crippen molar-refractivity contribution in [3.05, 3.63) is 53.2 Å². The third-order valence-corrected chi connectivity index (χ3v) is 3.84. The third kappa shape index (κ3) is 4.89. The lowest BCUT2D eigenvalue weighted by Crippen LogP contribution is -2.16. The Kier molecular flexibility index (Phi) is 5.88. The molecule has 0 unspecified atom stereocenters. The van der Waals surface area contributed by atoms with Crippen molar-refractivity contribution in [3.8, 4) is 11.3 Å². The lowest BCUT2D eigenvalue weighted by atomic mass is 10.0. The van der Waals surface area contributed by atoms with Crippen LogP contribution >= 0.6 is 0 Å². The third-order valence-electron chi connectivity index (χ3n) is 3.84. The molecule has 2 rings (SSSR count). The average Bonchev–Trinajstić information content (AvgIpc) is 2.52. The van der Waals surface area contributed by atoms with E-state index < -0.39 is 5.91 Å². The summed E-state index contributed by atoms with van der Waals surface area (Å²) in [6.45, 7) is 8.27. The van der Waals surface area contributed by atoms with Gasteiger partial charge < -0.3 is 11.1 Å². The molecule has 0 saturated carbocycles. The number of hydrogen-bond donors (Lipinski definition) is 2. The van der Waals surface area contributed by atoms with Gasteiger partial charge in [-0.2, -0.15) is 0 Å². The van der Waals surface area contributed by atoms with Crippen molar-refractivity contribution in [2.24, 2.45) is 11.7 Å². The number of benzene rings is 1. The van der Waals surface area contributed by atoms with Gasteiger partial charge in [-0.3, -0.25) is 9.78 Å². The molecule has 3 N–H and O–H groups in total. The Bertz CT molecular complexity index is 663. The van der Waals surface area contributed by atoms with Gasteiger partial charge in [-0.05, 0) is 55.1 Å². The molecule has 0 saturated heterocycles. The predicted octanol–water partition coefficient (Wildman–Crippen LogP) is 3.29. The van der Waals surface area contributed by atoms with Gasteiger partial charge in [0.15, 0.2) is 0 Å². The minimum Gasteiger partial charge on any atom is -0.366 e. The molecule has 0 fully saturated rings. The summed E-state index contributed by atoms with van der Waals surface area (Å²) in [6, 6.07) is 9.56. The smallest absolute Gasteiger partial charge is 0.248 e. The molecule has 1 aromatic heterocycles. The van der Waals surface area contributed by atoms with Gasteiger partial charge in [-0.15, -0.1) is 0 Å². The van der Waals surface area contributed by atoms with E-state index in [9.17, 15) is 4.79 Å². The van der Waals surface area contributed by atoms with Crippen molar-refractivity contribution in [3.63, 3.8) is 0 Å². The number of pyridine rings is 1. The maximum atomic E-state index is 11.2. The number of amides is 1. The molecular weight excluding hydrogens is 286 g/mol. The highest BCUT2D eigenvalue weighted by Crippen LogP contribution is 2.22. The molecule has 1 heterocycles. The molecule has 0 radical (unpaired) electrons. The first-order chi connectivity index (χ1) is 11.0. The zero-order valence-electron chi connectivity index (χ0n) is 14.1. The Balaban J connectivity index is 2.03. The molecule has 122 valence electrons. The molecule has 1 aromatic carbocycles. The fraction of sp³-hybridized carbons (Fsp3) is 0.368. The van der Waals surface area contributed by atoms with Crippen LogP contribution in [0.1, 0.15) is 41.8 Å². The van der Waals surface area contributed by atoms with E-state index in [1.165, 1.54) is 12.0 Å². The second-order valence-electron chi connectivity index (χ2n) is 6.30. The van der Waals surface area contributed by atoms with Gasteiger partial charge in [0.05, 0.1) is 5.69 Å². The second-order valence-corrected chi connectivity index (χ2v) is 6.30. The summed E-state index contributed by atoms with van der Waals surface area (Å²) >= 11 is 0. The molecule has 0 aliphatic carbocycles. The molecule has 4 nitrogen and oxygen atoms in total. The van der Waals surface area contributed by atoms with Crippen molar-refractivity contribution in [2.75, 3.05) is 6.54 Å². The molecule has 1 amide bonds. The van der Waals surface area contributed by atoms with Crippen LogP contribution in [0.4, 0.5) is 0 Å². The maximum absolute atomic E-state index is 11.2. The van der Waals surface area contributed by atoms with E-state index in [1.54, 1.807) is 12.1 Å². The second kappa shape index (κ2) is 7.88. The van der Waals surface area contributed by atoms with Crippen LogP contribution < -0.4 is 11.1 Å². The summed E-state index contributed by atoms with van der Waals surface area (Å²) in [5, 5.41) is 3.43. The molecule has 0 aliphatic rings. The molecule has 4 heteroatoms. The summed E-state index contributed by atoms with van der Waals surface area (Å²) < 4.78 is 0. The minimum absolute atomic E-state index is 0.407. The van der Waals surface area contributed by atoms with E-state index in [0.717, 1.165) is 29.9 Å². The molecule has 2 aromatic rings. The first kappa shape index (κ1) is 17.2. The van der Waals surface area contributed by atoms with Crippen molar-refractivity contribution >= 4 is 5.91 Å². The van der Waals surface area contributed by atoms with E-state index in [1.807, 2.05) is 25.3 Å². The van der Waals surface area contributed by atoms with Crippen molar-refractivity contribution in [1.82, 2.24) is 10.3 Å². The highest BCUT2D eigenvalue weighted by molar-refractivity contribution is 5.93. The van der Waals surface area contributed by atoms with Crippen LogP contribution in [-0.4, -0.2) is 17.4 Å². The number of nitrogens with zero attached hydrogens (tertiary/aromatic N) is 1. The highest BCUT2D eigenvalue weighted by atomic mass is 16.1. The summed E-state index contributed by atoms with van der Waals surface area (Å²) in [5.74, 6) is 0.310. The number of aromatic nitrogens is 1. The first-order valence-corrected chi connectivity index (χ1v) is 8.04. The number of carbonyl (C=O) groups is 1. The van der Waals surface area contributed by atoms with Gasteiger partial charge in [-0.25, -0.2) is 0 Å². The summed E-state index contributed by atoms with van der Waals surface area (Å²) in [6.07, 6.45) is 3.08. The number of carbonyl (C=O) groups excluding carboxylic acids is 1. The van der Waals surface area contributed by atoms with Gasteiger partial charge in [-0.1, -0.05) is 26.0 Å². The molecular formula is C19H25N3O. The van der Waals surface area contributed by atoms with E-state index in [2.05, 4.69) is 30.2 Å². The Labute approximate surface area is 138 Å².